The molecule has 2 rings (SSSR count). The predicted molar refractivity (Wildman–Crippen MR) is 56.2 cm³/mol. The monoisotopic (exact) mass is 207 g/mol. The van der Waals surface area contributed by atoms with Gasteiger partial charge in [-0.1, -0.05) is 0 Å². The first-order valence-corrected chi connectivity index (χ1v) is 5.03. The Hall–Kier alpha value is -1.42. The molecule has 0 amide bonds. The number of fused-ring (bicyclic) bond motifs is 1. The molecule has 2 aromatic rings. The molecule has 0 aliphatic rings. The topological polar surface area (TPSA) is 39.2 Å². The molecule has 0 bridgehead atoms. The minimum Gasteiger partial charge on any atom is -0.494 e. The van der Waals surface area contributed by atoms with Crippen molar-refractivity contribution in [3.63, 3.8) is 0 Å². The standard InChI is InChI=1S/C10H9NO2S/c1-6(12)7-3-4-8(13-2)9-10(7)14-5-11-9/h3-5H,1-2H3. The molecule has 3 nitrogen and oxygen atoms in total. The fourth-order valence-corrected chi connectivity index (χ4v) is 2.24. The lowest BCUT2D eigenvalue weighted by atomic mass is 10.1. The van der Waals surface area contributed by atoms with Gasteiger partial charge in [0.2, 0.25) is 0 Å². The highest BCUT2D eigenvalue weighted by atomic mass is 32.1. The van der Waals surface area contributed by atoms with Gasteiger partial charge < -0.3 is 4.74 Å². The van der Waals surface area contributed by atoms with Gasteiger partial charge in [0, 0.05) is 5.56 Å². The van der Waals surface area contributed by atoms with Gasteiger partial charge in [-0.2, -0.15) is 0 Å². The highest BCUT2D eigenvalue weighted by Gasteiger charge is 2.11. The summed E-state index contributed by atoms with van der Waals surface area (Å²) >= 11 is 1.46. The smallest absolute Gasteiger partial charge is 0.161 e. The van der Waals surface area contributed by atoms with Crippen LogP contribution in [0.15, 0.2) is 17.6 Å². The van der Waals surface area contributed by atoms with Crippen molar-refractivity contribution < 1.29 is 9.53 Å². The first-order chi connectivity index (χ1) is 6.74. The molecule has 1 heterocycles. The maximum atomic E-state index is 11.3. The van der Waals surface area contributed by atoms with E-state index < -0.39 is 0 Å². The van der Waals surface area contributed by atoms with Crippen LogP contribution >= 0.6 is 11.3 Å². The molecule has 0 atom stereocenters. The van der Waals surface area contributed by atoms with E-state index in [1.165, 1.54) is 11.3 Å². The molecule has 0 saturated carbocycles. The fourth-order valence-electron chi connectivity index (χ4n) is 1.37. The molecule has 72 valence electrons. The molecule has 1 aromatic carbocycles. The van der Waals surface area contributed by atoms with Crippen molar-refractivity contribution in [2.75, 3.05) is 7.11 Å². The summed E-state index contributed by atoms with van der Waals surface area (Å²) in [5.41, 5.74) is 3.20. The highest BCUT2D eigenvalue weighted by molar-refractivity contribution is 7.17. The number of methoxy groups -OCH3 is 1. The summed E-state index contributed by atoms with van der Waals surface area (Å²) < 4.78 is 6.05. The van der Waals surface area contributed by atoms with E-state index in [9.17, 15) is 4.79 Å². The predicted octanol–water partition coefficient (Wildman–Crippen LogP) is 2.51. The van der Waals surface area contributed by atoms with Crippen molar-refractivity contribution >= 4 is 27.3 Å². The molecule has 0 saturated heterocycles. The lowest BCUT2D eigenvalue weighted by Gasteiger charge is -2.02. The summed E-state index contributed by atoms with van der Waals surface area (Å²) in [5.74, 6) is 0.771. The number of nitrogens with zero attached hydrogens (tertiary/aromatic N) is 1. The lowest BCUT2D eigenvalue weighted by Crippen LogP contribution is -1.93. The highest BCUT2D eigenvalue weighted by Crippen LogP contribution is 2.30. The van der Waals surface area contributed by atoms with E-state index >= 15 is 0 Å². The number of aromatic nitrogens is 1. The van der Waals surface area contributed by atoms with Gasteiger partial charge in [-0.15, -0.1) is 11.3 Å². The Morgan fingerprint density at radius 1 is 1.50 bits per heavy atom. The van der Waals surface area contributed by atoms with Crippen LogP contribution in [0.3, 0.4) is 0 Å². The molecule has 0 unspecified atom stereocenters. The third kappa shape index (κ3) is 1.28. The Labute approximate surface area is 85.3 Å². The summed E-state index contributed by atoms with van der Waals surface area (Å²) in [5, 5.41) is 0. The average molecular weight is 207 g/mol. The Kier molecular flexibility index (Phi) is 2.21. The van der Waals surface area contributed by atoms with Crippen LogP contribution in [-0.2, 0) is 0 Å². The summed E-state index contributed by atoms with van der Waals surface area (Å²) in [7, 11) is 1.60. The van der Waals surface area contributed by atoms with Gasteiger partial charge in [0.05, 0.1) is 17.3 Å². The van der Waals surface area contributed by atoms with E-state index in [0.717, 1.165) is 10.2 Å². The van der Waals surface area contributed by atoms with Gasteiger partial charge >= 0.3 is 0 Å². The number of ether oxygens (including phenoxy) is 1. The number of hydrogen-bond donors (Lipinski definition) is 0. The zero-order valence-corrected chi connectivity index (χ0v) is 8.72. The van der Waals surface area contributed by atoms with Crippen molar-refractivity contribution in [2.45, 2.75) is 6.92 Å². The second-order valence-corrected chi connectivity index (χ2v) is 3.76. The summed E-state index contributed by atoms with van der Waals surface area (Å²) in [6.07, 6.45) is 0. The molecule has 0 spiro atoms. The number of hydrogen-bond acceptors (Lipinski definition) is 4. The summed E-state index contributed by atoms with van der Waals surface area (Å²) in [6.45, 7) is 1.56. The number of rotatable bonds is 2. The van der Waals surface area contributed by atoms with Crippen LogP contribution in [0.1, 0.15) is 17.3 Å². The average Bonchev–Trinajstić information content (AvgIpc) is 2.64. The van der Waals surface area contributed by atoms with Gasteiger partial charge in [0.1, 0.15) is 11.3 Å². The molecule has 4 heteroatoms. The molecule has 0 radical (unpaired) electrons. The zero-order chi connectivity index (χ0) is 10.1. The van der Waals surface area contributed by atoms with E-state index in [1.807, 2.05) is 0 Å². The number of Topliss-reactive ketones (excluding diaryl/α,β-unsaturated/α-hetero) is 1. The normalized spacial score (nSPS) is 10.4. The van der Waals surface area contributed by atoms with Crippen molar-refractivity contribution in [1.29, 1.82) is 0 Å². The third-order valence-electron chi connectivity index (χ3n) is 2.05. The summed E-state index contributed by atoms with van der Waals surface area (Å²) in [4.78, 5) is 15.5. The number of ketones is 1. The molecule has 1 aromatic heterocycles. The van der Waals surface area contributed by atoms with Crippen molar-refractivity contribution in [2.24, 2.45) is 0 Å². The third-order valence-corrected chi connectivity index (χ3v) is 2.91. The van der Waals surface area contributed by atoms with E-state index in [4.69, 9.17) is 4.74 Å². The second-order valence-electron chi connectivity index (χ2n) is 2.90. The second kappa shape index (κ2) is 3.38. The lowest BCUT2D eigenvalue weighted by molar-refractivity contribution is 0.101. The van der Waals surface area contributed by atoms with Crippen LogP contribution in [0.5, 0.6) is 5.75 Å². The molecular weight excluding hydrogens is 198 g/mol. The van der Waals surface area contributed by atoms with Crippen molar-refractivity contribution in [3.05, 3.63) is 23.2 Å². The number of carbonyl (C=O) groups is 1. The van der Waals surface area contributed by atoms with Crippen molar-refractivity contribution in [1.82, 2.24) is 4.98 Å². The molecule has 0 aliphatic heterocycles. The Morgan fingerprint density at radius 3 is 2.93 bits per heavy atom. The molecule has 14 heavy (non-hydrogen) atoms. The van der Waals surface area contributed by atoms with E-state index in [1.54, 1.807) is 31.7 Å². The number of carbonyl (C=O) groups excluding carboxylic acids is 1. The Balaban J connectivity index is 2.78. The van der Waals surface area contributed by atoms with E-state index in [2.05, 4.69) is 4.98 Å². The van der Waals surface area contributed by atoms with Crippen LogP contribution < -0.4 is 4.74 Å². The van der Waals surface area contributed by atoms with Crippen LogP contribution in [0, 0.1) is 0 Å². The van der Waals surface area contributed by atoms with Gasteiger partial charge in [-0.25, -0.2) is 4.98 Å². The SMILES string of the molecule is COc1ccc(C(C)=O)c2scnc12. The first kappa shape index (κ1) is 9.15. The van der Waals surface area contributed by atoms with Crippen LogP contribution in [0.25, 0.3) is 10.2 Å². The number of benzene rings is 1. The van der Waals surface area contributed by atoms with Crippen LogP contribution in [0.4, 0.5) is 0 Å². The number of thiazole rings is 1. The molecule has 0 N–H and O–H groups in total. The van der Waals surface area contributed by atoms with Crippen LogP contribution in [0.2, 0.25) is 0 Å². The fraction of sp³-hybridized carbons (Fsp3) is 0.200. The van der Waals surface area contributed by atoms with Gasteiger partial charge in [-0.05, 0) is 19.1 Å². The van der Waals surface area contributed by atoms with Gasteiger partial charge in [-0.3, -0.25) is 4.79 Å². The maximum absolute atomic E-state index is 11.3. The van der Waals surface area contributed by atoms with Crippen LogP contribution in [-0.4, -0.2) is 17.9 Å². The molecule has 0 aliphatic carbocycles. The zero-order valence-electron chi connectivity index (χ0n) is 7.90. The summed E-state index contributed by atoms with van der Waals surface area (Å²) in [6, 6.07) is 3.56. The largest absolute Gasteiger partial charge is 0.494 e. The minimum atomic E-state index is 0.0573. The van der Waals surface area contributed by atoms with Crippen molar-refractivity contribution in [3.8, 4) is 5.75 Å². The Bertz CT molecular complexity index is 490. The quantitative estimate of drug-likeness (QED) is 0.710. The first-order valence-electron chi connectivity index (χ1n) is 4.15. The minimum absolute atomic E-state index is 0.0573. The maximum Gasteiger partial charge on any atom is 0.161 e. The molecule has 0 fully saturated rings. The van der Waals surface area contributed by atoms with E-state index in [0.29, 0.717) is 11.3 Å². The van der Waals surface area contributed by atoms with E-state index in [-0.39, 0.29) is 5.78 Å². The molecular formula is C10H9NO2S. The Morgan fingerprint density at radius 2 is 2.29 bits per heavy atom. The van der Waals surface area contributed by atoms with Gasteiger partial charge in [0.15, 0.2) is 5.78 Å². The van der Waals surface area contributed by atoms with Gasteiger partial charge in [0.25, 0.3) is 0 Å².